The number of rotatable bonds is 7. The van der Waals surface area contributed by atoms with Crippen LogP contribution in [0.3, 0.4) is 0 Å². The molecule has 1 N–H and O–H groups in total. The maximum atomic E-state index is 5.54. The van der Waals surface area contributed by atoms with Crippen LogP contribution in [0.25, 0.3) is 0 Å². The Balaban J connectivity index is 2.10. The van der Waals surface area contributed by atoms with Crippen molar-refractivity contribution in [1.29, 1.82) is 0 Å². The number of nitrogens with zero attached hydrogens (tertiary/aromatic N) is 1. The topological polar surface area (TPSA) is 33.6 Å². The highest BCUT2D eigenvalue weighted by Gasteiger charge is 2.30. The Morgan fingerprint density at radius 3 is 2.82 bits per heavy atom. The van der Waals surface area contributed by atoms with E-state index in [-0.39, 0.29) is 5.54 Å². The minimum absolute atomic E-state index is 0.238. The van der Waals surface area contributed by atoms with Crippen LogP contribution in [-0.4, -0.2) is 36.2 Å². The summed E-state index contributed by atoms with van der Waals surface area (Å²) in [6.07, 6.45) is 2.28. The smallest absolute Gasteiger partial charge is 0.157 e. The van der Waals surface area contributed by atoms with Crippen LogP contribution >= 0.6 is 11.8 Å². The second-order valence-corrected chi connectivity index (χ2v) is 6.27. The van der Waals surface area contributed by atoms with Gasteiger partial charge in [0.25, 0.3) is 0 Å². The molecule has 1 atom stereocenters. The molecule has 0 amide bonds. The fourth-order valence-corrected chi connectivity index (χ4v) is 2.70. The summed E-state index contributed by atoms with van der Waals surface area (Å²) in [6.45, 7) is 11.3. The molecule has 0 aliphatic carbocycles. The van der Waals surface area contributed by atoms with E-state index in [2.05, 4.69) is 38.0 Å². The maximum absolute atomic E-state index is 5.54. The van der Waals surface area contributed by atoms with Crippen LogP contribution in [0.5, 0.6) is 0 Å². The molecule has 1 saturated heterocycles. The van der Waals surface area contributed by atoms with Crippen molar-refractivity contribution in [3.05, 3.63) is 0 Å². The van der Waals surface area contributed by atoms with Gasteiger partial charge in [-0.3, -0.25) is 4.99 Å². The molecule has 0 bridgehead atoms. The van der Waals surface area contributed by atoms with E-state index in [9.17, 15) is 0 Å². The first-order chi connectivity index (χ1) is 8.06. The van der Waals surface area contributed by atoms with E-state index in [1.807, 2.05) is 11.8 Å². The number of hydrogen-bond donors (Lipinski definition) is 1. The Bertz CT molecular complexity index is 256. The minimum Gasteiger partial charge on any atom is -0.380 e. The summed E-state index contributed by atoms with van der Waals surface area (Å²) in [5.41, 5.74) is 0.238. The van der Waals surface area contributed by atoms with Gasteiger partial charge in [0.15, 0.2) is 5.17 Å². The standard InChI is InChI=1S/C13H26N2OS/c1-5-13(4)10-17-12(15-13)14-7-9-16-8-6-11(2)3/h11H,5-10H2,1-4H3,(H,14,15). The first-order valence-corrected chi connectivity index (χ1v) is 7.57. The lowest BCUT2D eigenvalue weighted by molar-refractivity contribution is 0.131. The fraction of sp³-hybridized carbons (Fsp3) is 0.923. The van der Waals surface area contributed by atoms with Crippen molar-refractivity contribution in [2.75, 3.05) is 25.5 Å². The van der Waals surface area contributed by atoms with Crippen molar-refractivity contribution < 1.29 is 4.74 Å². The summed E-state index contributed by atoms with van der Waals surface area (Å²) in [7, 11) is 0. The summed E-state index contributed by atoms with van der Waals surface area (Å²) in [6, 6.07) is 0. The van der Waals surface area contributed by atoms with Crippen LogP contribution in [0.2, 0.25) is 0 Å². The van der Waals surface area contributed by atoms with Gasteiger partial charge in [0, 0.05) is 17.9 Å². The summed E-state index contributed by atoms with van der Waals surface area (Å²) >= 11 is 1.83. The lowest BCUT2D eigenvalue weighted by atomic mass is 10.0. The largest absolute Gasteiger partial charge is 0.380 e. The number of amidine groups is 1. The van der Waals surface area contributed by atoms with E-state index in [1.165, 1.54) is 0 Å². The van der Waals surface area contributed by atoms with E-state index in [1.54, 1.807) is 0 Å². The van der Waals surface area contributed by atoms with Gasteiger partial charge in [0.2, 0.25) is 0 Å². The van der Waals surface area contributed by atoms with E-state index < -0.39 is 0 Å². The summed E-state index contributed by atoms with van der Waals surface area (Å²) in [5, 5.41) is 4.57. The molecule has 1 heterocycles. The van der Waals surface area contributed by atoms with E-state index in [0.717, 1.165) is 49.4 Å². The SMILES string of the molecule is CCC1(C)CSC(=NCCOCCC(C)C)N1. The van der Waals surface area contributed by atoms with E-state index >= 15 is 0 Å². The van der Waals surface area contributed by atoms with Crippen LogP contribution in [0, 0.1) is 5.92 Å². The Morgan fingerprint density at radius 2 is 2.24 bits per heavy atom. The number of thioether (sulfide) groups is 1. The molecule has 0 spiro atoms. The monoisotopic (exact) mass is 258 g/mol. The van der Waals surface area contributed by atoms with Crippen LogP contribution in [0.1, 0.15) is 40.5 Å². The summed E-state index contributed by atoms with van der Waals surface area (Å²) < 4.78 is 5.54. The van der Waals surface area contributed by atoms with Gasteiger partial charge >= 0.3 is 0 Å². The molecule has 3 nitrogen and oxygen atoms in total. The van der Waals surface area contributed by atoms with Crippen molar-refractivity contribution >= 4 is 16.9 Å². The zero-order valence-corrected chi connectivity index (χ0v) is 12.4. The average molecular weight is 258 g/mol. The highest BCUT2D eigenvalue weighted by molar-refractivity contribution is 8.14. The first-order valence-electron chi connectivity index (χ1n) is 6.59. The molecular weight excluding hydrogens is 232 g/mol. The molecule has 4 heteroatoms. The van der Waals surface area contributed by atoms with Crippen molar-refractivity contribution in [2.24, 2.45) is 10.9 Å². The minimum atomic E-state index is 0.238. The first kappa shape index (κ1) is 14.8. The third kappa shape index (κ3) is 5.77. The Morgan fingerprint density at radius 1 is 1.47 bits per heavy atom. The maximum Gasteiger partial charge on any atom is 0.157 e. The van der Waals surface area contributed by atoms with Crippen molar-refractivity contribution in [3.8, 4) is 0 Å². The van der Waals surface area contributed by atoms with E-state index in [4.69, 9.17) is 4.74 Å². The zero-order valence-electron chi connectivity index (χ0n) is 11.6. The number of hydrogen-bond acceptors (Lipinski definition) is 3. The molecule has 1 unspecified atom stereocenters. The Hall–Kier alpha value is -0.220. The highest BCUT2D eigenvalue weighted by Crippen LogP contribution is 2.25. The third-order valence-electron chi connectivity index (χ3n) is 3.05. The van der Waals surface area contributed by atoms with Crippen molar-refractivity contribution in [2.45, 2.75) is 46.1 Å². The average Bonchev–Trinajstić information content (AvgIpc) is 2.66. The van der Waals surface area contributed by atoms with Gasteiger partial charge in [-0.2, -0.15) is 0 Å². The van der Waals surface area contributed by atoms with Gasteiger partial charge in [0.05, 0.1) is 13.2 Å². The third-order valence-corrected chi connectivity index (χ3v) is 4.33. The molecule has 1 aliphatic rings. The lowest BCUT2D eigenvalue weighted by Gasteiger charge is -2.20. The van der Waals surface area contributed by atoms with Crippen molar-refractivity contribution in [1.82, 2.24) is 5.32 Å². The molecule has 100 valence electrons. The Kier molecular flexibility index (Phi) is 6.34. The number of aliphatic imine (C=N–C) groups is 1. The summed E-state index contributed by atoms with van der Waals surface area (Å²) in [4.78, 5) is 4.53. The van der Waals surface area contributed by atoms with E-state index in [0.29, 0.717) is 0 Å². The molecule has 0 radical (unpaired) electrons. The molecule has 17 heavy (non-hydrogen) atoms. The number of ether oxygens (including phenoxy) is 1. The Labute approximate surface area is 110 Å². The highest BCUT2D eigenvalue weighted by atomic mass is 32.2. The molecule has 0 saturated carbocycles. The molecular formula is C13H26N2OS. The zero-order chi connectivity index (χ0) is 12.7. The van der Waals surface area contributed by atoms with Crippen LogP contribution in [-0.2, 0) is 4.74 Å². The molecule has 1 rings (SSSR count). The van der Waals surface area contributed by atoms with Gasteiger partial charge in [-0.15, -0.1) is 0 Å². The lowest BCUT2D eigenvalue weighted by Crippen LogP contribution is -2.39. The molecule has 0 aromatic rings. The quantitative estimate of drug-likeness (QED) is 0.713. The predicted molar refractivity (Wildman–Crippen MR) is 76.9 cm³/mol. The van der Waals surface area contributed by atoms with Crippen molar-refractivity contribution in [3.63, 3.8) is 0 Å². The fourth-order valence-electron chi connectivity index (χ4n) is 1.47. The van der Waals surface area contributed by atoms with Gasteiger partial charge < -0.3 is 10.1 Å². The molecule has 0 aromatic heterocycles. The predicted octanol–water partition coefficient (Wildman–Crippen LogP) is 2.91. The van der Waals surface area contributed by atoms with Gasteiger partial charge in [-0.25, -0.2) is 0 Å². The van der Waals surface area contributed by atoms with Crippen LogP contribution in [0.4, 0.5) is 0 Å². The normalized spacial score (nSPS) is 26.8. The summed E-state index contributed by atoms with van der Waals surface area (Å²) in [5.74, 6) is 1.84. The van der Waals surface area contributed by atoms with Gasteiger partial charge in [-0.05, 0) is 25.7 Å². The molecule has 1 aliphatic heterocycles. The molecule has 0 aromatic carbocycles. The molecule has 1 fully saturated rings. The van der Waals surface area contributed by atoms with Crippen LogP contribution < -0.4 is 5.32 Å². The van der Waals surface area contributed by atoms with Crippen LogP contribution in [0.15, 0.2) is 4.99 Å². The number of nitrogens with one attached hydrogen (secondary N) is 1. The van der Waals surface area contributed by atoms with Gasteiger partial charge in [-0.1, -0.05) is 32.5 Å². The second-order valence-electron chi connectivity index (χ2n) is 5.31. The van der Waals surface area contributed by atoms with Gasteiger partial charge in [0.1, 0.15) is 0 Å². The second kappa shape index (κ2) is 7.27.